The van der Waals surface area contributed by atoms with Gasteiger partial charge in [0.1, 0.15) is 0 Å². The number of anilines is 1. The van der Waals surface area contributed by atoms with Crippen LogP contribution in [0, 0.1) is 0 Å². The topological polar surface area (TPSA) is 64.0 Å². The molecule has 162 valence electrons. The monoisotopic (exact) mass is 463 g/mol. The van der Waals surface area contributed by atoms with E-state index in [-0.39, 0.29) is 23.1 Å². The lowest BCUT2D eigenvalue weighted by Crippen LogP contribution is -2.24. The second kappa shape index (κ2) is 9.59. The maximum Gasteiger partial charge on any atom is 0.266 e. The molecule has 32 heavy (non-hydrogen) atoms. The van der Waals surface area contributed by atoms with Crippen molar-refractivity contribution in [1.82, 2.24) is 9.55 Å². The van der Waals surface area contributed by atoms with Gasteiger partial charge in [-0.15, -0.1) is 0 Å². The fraction of sp³-hybridized carbons (Fsp3) is 0.160. The Bertz CT molecular complexity index is 1330. The van der Waals surface area contributed by atoms with E-state index in [1.807, 2.05) is 42.5 Å². The van der Waals surface area contributed by atoms with Crippen molar-refractivity contribution in [2.24, 2.45) is 0 Å². The summed E-state index contributed by atoms with van der Waals surface area (Å²) < 4.78 is 1.62. The van der Waals surface area contributed by atoms with Crippen molar-refractivity contribution in [1.29, 1.82) is 0 Å². The molecule has 7 heteroatoms. The van der Waals surface area contributed by atoms with E-state index in [1.165, 1.54) is 11.8 Å². The van der Waals surface area contributed by atoms with E-state index >= 15 is 0 Å². The number of fused-ring (bicyclic) bond motifs is 1. The largest absolute Gasteiger partial charge is 0.325 e. The third-order valence-electron chi connectivity index (χ3n) is 5.00. The van der Waals surface area contributed by atoms with Crippen LogP contribution in [0.2, 0.25) is 5.02 Å². The molecule has 0 aliphatic carbocycles. The van der Waals surface area contributed by atoms with Crippen molar-refractivity contribution >= 4 is 45.9 Å². The standard InChI is InChI=1S/C25H22ClN3O2S/c1-16(2)19-7-4-6-10-22(19)29-24(31)20-8-3-5-9-21(20)28-25(29)32-15-23(30)27-18-13-11-17(26)12-14-18/h3-14,16H,15H2,1-2H3,(H,27,30). The maximum absolute atomic E-state index is 13.5. The first-order valence-electron chi connectivity index (χ1n) is 10.2. The van der Waals surface area contributed by atoms with Crippen LogP contribution in [-0.2, 0) is 4.79 Å². The number of carbonyl (C=O) groups excluding carboxylic acids is 1. The predicted molar refractivity (Wildman–Crippen MR) is 132 cm³/mol. The van der Waals surface area contributed by atoms with Gasteiger partial charge in [0.25, 0.3) is 5.56 Å². The molecule has 0 unspecified atom stereocenters. The van der Waals surface area contributed by atoms with Gasteiger partial charge in [-0.25, -0.2) is 4.98 Å². The average molecular weight is 464 g/mol. The van der Waals surface area contributed by atoms with Gasteiger partial charge in [-0.2, -0.15) is 0 Å². The van der Waals surface area contributed by atoms with Gasteiger partial charge in [-0.1, -0.05) is 67.5 Å². The number of carbonyl (C=O) groups is 1. The molecule has 5 nitrogen and oxygen atoms in total. The van der Waals surface area contributed by atoms with Gasteiger partial charge in [0, 0.05) is 10.7 Å². The molecule has 0 aliphatic rings. The molecule has 1 aromatic heterocycles. The third-order valence-corrected chi connectivity index (χ3v) is 6.20. The van der Waals surface area contributed by atoms with Crippen LogP contribution < -0.4 is 10.9 Å². The number of halogens is 1. The normalized spacial score (nSPS) is 11.1. The minimum absolute atomic E-state index is 0.108. The second-order valence-electron chi connectivity index (χ2n) is 7.61. The minimum atomic E-state index is -0.191. The number of hydrogen-bond acceptors (Lipinski definition) is 4. The zero-order valence-corrected chi connectivity index (χ0v) is 19.3. The molecular formula is C25H22ClN3O2S. The zero-order valence-electron chi connectivity index (χ0n) is 17.7. The summed E-state index contributed by atoms with van der Waals surface area (Å²) in [6, 6.07) is 22.0. The van der Waals surface area contributed by atoms with Crippen molar-refractivity contribution in [3.8, 4) is 5.69 Å². The number of nitrogens with one attached hydrogen (secondary N) is 1. The summed E-state index contributed by atoms with van der Waals surface area (Å²) >= 11 is 7.14. The van der Waals surface area contributed by atoms with Gasteiger partial charge in [0.15, 0.2) is 5.16 Å². The summed E-state index contributed by atoms with van der Waals surface area (Å²) in [5.74, 6) is 0.135. The number of amides is 1. The van der Waals surface area contributed by atoms with Gasteiger partial charge < -0.3 is 5.32 Å². The van der Waals surface area contributed by atoms with Crippen molar-refractivity contribution in [3.63, 3.8) is 0 Å². The van der Waals surface area contributed by atoms with Crippen LogP contribution in [0.15, 0.2) is 82.7 Å². The lowest BCUT2D eigenvalue weighted by molar-refractivity contribution is -0.113. The molecule has 4 aromatic rings. The first kappa shape index (κ1) is 22.1. The predicted octanol–water partition coefficient (Wildman–Crippen LogP) is 5.89. The van der Waals surface area contributed by atoms with Crippen LogP contribution >= 0.6 is 23.4 Å². The van der Waals surface area contributed by atoms with Gasteiger partial charge in [-0.3, -0.25) is 14.2 Å². The second-order valence-corrected chi connectivity index (χ2v) is 8.99. The van der Waals surface area contributed by atoms with Crippen molar-refractivity contribution in [2.75, 3.05) is 11.1 Å². The Morgan fingerprint density at radius 3 is 2.47 bits per heavy atom. The van der Waals surface area contributed by atoms with E-state index in [0.717, 1.165) is 11.3 Å². The highest BCUT2D eigenvalue weighted by Crippen LogP contribution is 2.27. The quantitative estimate of drug-likeness (QED) is 0.286. The number of hydrogen-bond donors (Lipinski definition) is 1. The molecule has 3 aromatic carbocycles. The Kier molecular flexibility index (Phi) is 6.63. The molecular weight excluding hydrogens is 442 g/mol. The van der Waals surface area contributed by atoms with Gasteiger partial charge in [-0.05, 0) is 53.9 Å². The Labute approximate surface area is 195 Å². The van der Waals surface area contributed by atoms with E-state index < -0.39 is 0 Å². The molecule has 0 aliphatic heterocycles. The van der Waals surface area contributed by atoms with Crippen LogP contribution in [-0.4, -0.2) is 21.2 Å². The van der Waals surface area contributed by atoms with Gasteiger partial charge in [0.2, 0.25) is 5.91 Å². The van der Waals surface area contributed by atoms with Crippen LogP contribution in [0.1, 0.15) is 25.3 Å². The average Bonchev–Trinajstić information content (AvgIpc) is 2.79. The molecule has 0 saturated carbocycles. The highest BCUT2D eigenvalue weighted by molar-refractivity contribution is 7.99. The molecule has 0 radical (unpaired) electrons. The summed E-state index contributed by atoms with van der Waals surface area (Å²) in [4.78, 5) is 30.8. The fourth-order valence-corrected chi connectivity index (χ4v) is 4.39. The Hall–Kier alpha value is -3.09. The van der Waals surface area contributed by atoms with Crippen LogP contribution in [0.25, 0.3) is 16.6 Å². The highest BCUT2D eigenvalue weighted by Gasteiger charge is 2.18. The number of benzene rings is 3. The Morgan fingerprint density at radius 1 is 1.03 bits per heavy atom. The number of para-hydroxylation sites is 2. The molecule has 1 amide bonds. The minimum Gasteiger partial charge on any atom is -0.325 e. The zero-order chi connectivity index (χ0) is 22.7. The van der Waals surface area contributed by atoms with E-state index in [1.54, 1.807) is 34.9 Å². The molecule has 4 rings (SSSR count). The van der Waals surface area contributed by atoms with E-state index in [0.29, 0.717) is 26.8 Å². The molecule has 0 saturated heterocycles. The van der Waals surface area contributed by atoms with Crippen LogP contribution in [0.3, 0.4) is 0 Å². The van der Waals surface area contributed by atoms with Crippen molar-refractivity contribution < 1.29 is 4.79 Å². The third kappa shape index (κ3) is 4.71. The number of rotatable bonds is 6. The summed E-state index contributed by atoms with van der Waals surface area (Å²) in [5.41, 5.74) is 2.94. The van der Waals surface area contributed by atoms with Gasteiger partial charge in [0.05, 0.1) is 22.3 Å². The van der Waals surface area contributed by atoms with Crippen LogP contribution in [0.5, 0.6) is 0 Å². The Morgan fingerprint density at radius 2 is 1.72 bits per heavy atom. The number of nitrogens with zero attached hydrogens (tertiary/aromatic N) is 2. The summed E-state index contributed by atoms with van der Waals surface area (Å²) in [5, 5.41) is 4.47. The number of aromatic nitrogens is 2. The van der Waals surface area contributed by atoms with Crippen molar-refractivity contribution in [3.05, 3.63) is 93.7 Å². The van der Waals surface area contributed by atoms with E-state index in [4.69, 9.17) is 16.6 Å². The van der Waals surface area contributed by atoms with Crippen LogP contribution in [0.4, 0.5) is 5.69 Å². The SMILES string of the molecule is CC(C)c1ccccc1-n1c(SCC(=O)Nc2ccc(Cl)cc2)nc2ccccc2c1=O. The molecule has 0 atom stereocenters. The Balaban J connectivity index is 1.72. The van der Waals surface area contributed by atoms with Crippen molar-refractivity contribution in [2.45, 2.75) is 24.9 Å². The molecule has 1 heterocycles. The fourth-order valence-electron chi connectivity index (χ4n) is 3.46. The summed E-state index contributed by atoms with van der Waals surface area (Å²) in [6.07, 6.45) is 0. The lowest BCUT2D eigenvalue weighted by atomic mass is 10.0. The molecule has 0 bridgehead atoms. The molecule has 0 fully saturated rings. The first-order chi connectivity index (χ1) is 15.4. The first-order valence-corrected chi connectivity index (χ1v) is 11.6. The highest BCUT2D eigenvalue weighted by atomic mass is 35.5. The summed E-state index contributed by atoms with van der Waals surface area (Å²) in [6.45, 7) is 4.18. The molecule has 0 spiro atoms. The smallest absolute Gasteiger partial charge is 0.266 e. The summed E-state index contributed by atoms with van der Waals surface area (Å²) in [7, 11) is 0. The maximum atomic E-state index is 13.5. The van der Waals surface area contributed by atoms with Gasteiger partial charge >= 0.3 is 0 Å². The lowest BCUT2D eigenvalue weighted by Gasteiger charge is -2.18. The number of thioether (sulfide) groups is 1. The van der Waals surface area contributed by atoms with E-state index in [9.17, 15) is 9.59 Å². The molecule has 1 N–H and O–H groups in total. The van der Waals surface area contributed by atoms with E-state index in [2.05, 4.69) is 19.2 Å².